The Morgan fingerprint density at radius 3 is 2.45 bits per heavy atom. The summed E-state index contributed by atoms with van der Waals surface area (Å²) in [5.74, 6) is 0.0252. The van der Waals surface area contributed by atoms with Gasteiger partial charge in [-0.1, -0.05) is 32.1 Å². The largest absolute Gasteiger partial charge is 0.433 e. The summed E-state index contributed by atoms with van der Waals surface area (Å²) in [7, 11) is -2.26. The van der Waals surface area contributed by atoms with Gasteiger partial charge in [-0.15, -0.1) is 0 Å². The van der Waals surface area contributed by atoms with E-state index in [2.05, 4.69) is 5.10 Å². The van der Waals surface area contributed by atoms with E-state index in [1.165, 1.54) is 13.5 Å². The van der Waals surface area contributed by atoms with Crippen molar-refractivity contribution in [3.63, 3.8) is 0 Å². The number of hydrogen-bond donors (Lipinski definition) is 0. The minimum absolute atomic E-state index is 0.0234. The second-order valence-electron chi connectivity index (χ2n) is 6.03. The molecule has 1 aliphatic rings. The summed E-state index contributed by atoms with van der Waals surface area (Å²) >= 11 is 0. The molecule has 4 nitrogen and oxygen atoms in total. The van der Waals surface area contributed by atoms with E-state index >= 15 is 0 Å². The number of alkyl halides is 3. The number of aromatic nitrogens is 2. The van der Waals surface area contributed by atoms with Crippen LogP contribution in [0.4, 0.5) is 13.2 Å². The van der Waals surface area contributed by atoms with Gasteiger partial charge >= 0.3 is 6.18 Å². The van der Waals surface area contributed by atoms with Crippen LogP contribution in [0.2, 0.25) is 0 Å². The lowest BCUT2D eigenvalue weighted by molar-refractivity contribution is -0.143. The highest BCUT2D eigenvalue weighted by Crippen LogP contribution is 2.30. The Labute approximate surface area is 128 Å². The highest BCUT2D eigenvalue weighted by molar-refractivity contribution is 7.90. The molecule has 8 heteroatoms. The van der Waals surface area contributed by atoms with E-state index in [9.17, 15) is 21.6 Å². The fourth-order valence-corrected chi connectivity index (χ4v) is 4.41. The third-order valence-electron chi connectivity index (χ3n) is 4.15. The summed E-state index contributed by atoms with van der Waals surface area (Å²) in [6, 6.07) is 0.818. The van der Waals surface area contributed by atoms with E-state index in [0.29, 0.717) is 17.0 Å². The molecule has 1 aromatic heterocycles. The summed E-state index contributed by atoms with van der Waals surface area (Å²) in [5, 5.41) is 3.67. The first-order valence-electron chi connectivity index (χ1n) is 7.48. The monoisotopic (exact) mass is 338 g/mol. The van der Waals surface area contributed by atoms with Crippen molar-refractivity contribution in [3.05, 3.63) is 17.5 Å². The van der Waals surface area contributed by atoms with Crippen LogP contribution in [0, 0.1) is 5.92 Å². The molecule has 1 aromatic rings. The standard InChI is InChI=1S/C14H21F3N2O2S/c1-19-13(14(15,16)17)9-12(18-19)10-22(20,21)8-7-11-5-3-2-4-6-11/h9,11H,2-8,10H2,1H3. The first-order valence-corrected chi connectivity index (χ1v) is 9.30. The van der Waals surface area contributed by atoms with Crippen LogP contribution in [-0.2, 0) is 28.8 Å². The lowest BCUT2D eigenvalue weighted by atomic mass is 9.88. The van der Waals surface area contributed by atoms with Crippen LogP contribution in [0.3, 0.4) is 0 Å². The summed E-state index contributed by atoms with van der Waals surface area (Å²) in [6.45, 7) is 0. The zero-order valence-corrected chi connectivity index (χ0v) is 13.4. The van der Waals surface area contributed by atoms with Crippen LogP contribution in [0.15, 0.2) is 6.07 Å². The normalized spacial score (nSPS) is 17.8. The van der Waals surface area contributed by atoms with Crippen molar-refractivity contribution in [2.24, 2.45) is 13.0 Å². The van der Waals surface area contributed by atoms with Crippen molar-refractivity contribution in [1.82, 2.24) is 9.78 Å². The smallest absolute Gasteiger partial charge is 0.263 e. The maximum absolute atomic E-state index is 12.7. The van der Waals surface area contributed by atoms with E-state index in [-0.39, 0.29) is 11.4 Å². The summed E-state index contributed by atoms with van der Waals surface area (Å²) in [6.07, 6.45) is 1.67. The van der Waals surface area contributed by atoms with Gasteiger partial charge in [0.25, 0.3) is 0 Å². The fourth-order valence-electron chi connectivity index (χ4n) is 2.98. The van der Waals surface area contributed by atoms with Crippen LogP contribution in [0.5, 0.6) is 0 Å². The average Bonchev–Trinajstić information content (AvgIpc) is 2.78. The van der Waals surface area contributed by atoms with Gasteiger partial charge in [-0.05, 0) is 18.4 Å². The second-order valence-corrected chi connectivity index (χ2v) is 8.21. The molecule has 1 heterocycles. The Morgan fingerprint density at radius 2 is 1.91 bits per heavy atom. The fraction of sp³-hybridized carbons (Fsp3) is 0.786. The van der Waals surface area contributed by atoms with Gasteiger partial charge < -0.3 is 0 Å². The molecule has 0 bridgehead atoms. The van der Waals surface area contributed by atoms with Gasteiger partial charge in [-0.3, -0.25) is 4.68 Å². The molecule has 2 rings (SSSR count). The molecule has 22 heavy (non-hydrogen) atoms. The minimum Gasteiger partial charge on any atom is -0.263 e. The zero-order chi connectivity index (χ0) is 16.4. The molecular weight excluding hydrogens is 317 g/mol. The van der Waals surface area contributed by atoms with E-state index in [4.69, 9.17) is 0 Å². The van der Waals surface area contributed by atoms with E-state index in [1.807, 2.05) is 0 Å². The van der Waals surface area contributed by atoms with Crippen molar-refractivity contribution in [2.45, 2.75) is 50.5 Å². The van der Waals surface area contributed by atoms with E-state index in [1.54, 1.807) is 0 Å². The Hall–Kier alpha value is -1.05. The summed E-state index contributed by atoms with van der Waals surface area (Å²) in [4.78, 5) is 0. The molecule has 0 N–H and O–H groups in total. The van der Waals surface area contributed by atoms with Crippen LogP contribution < -0.4 is 0 Å². The molecule has 126 valence electrons. The topological polar surface area (TPSA) is 52.0 Å². The van der Waals surface area contributed by atoms with Crippen molar-refractivity contribution < 1.29 is 21.6 Å². The highest BCUT2D eigenvalue weighted by atomic mass is 32.2. The Bertz CT molecular complexity index is 602. The predicted molar refractivity (Wildman–Crippen MR) is 76.9 cm³/mol. The number of aryl methyl sites for hydroxylation is 1. The molecule has 1 fully saturated rings. The molecule has 0 spiro atoms. The third-order valence-corrected chi connectivity index (χ3v) is 5.74. The first kappa shape index (κ1) is 17.3. The maximum Gasteiger partial charge on any atom is 0.433 e. The van der Waals surface area contributed by atoms with Gasteiger partial charge in [0.2, 0.25) is 0 Å². The van der Waals surface area contributed by atoms with Gasteiger partial charge in [0, 0.05) is 7.05 Å². The molecule has 0 radical (unpaired) electrons. The maximum atomic E-state index is 12.7. The molecular formula is C14H21F3N2O2S. The molecule has 0 aliphatic heterocycles. The average molecular weight is 338 g/mol. The molecule has 0 amide bonds. The van der Waals surface area contributed by atoms with Crippen molar-refractivity contribution in [2.75, 3.05) is 5.75 Å². The number of rotatable bonds is 5. The van der Waals surface area contributed by atoms with Crippen LogP contribution in [0.25, 0.3) is 0 Å². The Balaban J connectivity index is 1.96. The van der Waals surface area contributed by atoms with Crippen molar-refractivity contribution in [3.8, 4) is 0 Å². The number of halogens is 3. The lowest BCUT2D eigenvalue weighted by Gasteiger charge is -2.21. The molecule has 0 atom stereocenters. The molecule has 0 saturated heterocycles. The summed E-state index contributed by atoms with van der Waals surface area (Å²) < 4.78 is 62.9. The van der Waals surface area contributed by atoms with E-state index < -0.39 is 27.5 Å². The molecule has 1 aliphatic carbocycles. The van der Waals surface area contributed by atoms with Gasteiger partial charge in [0.15, 0.2) is 9.84 Å². The molecule has 0 unspecified atom stereocenters. The van der Waals surface area contributed by atoms with Crippen molar-refractivity contribution >= 4 is 9.84 Å². The Kier molecular flexibility index (Phi) is 5.19. The third kappa shape index (κ3) is 4.72. The van der Waals surface area contributed by atoms with E-state index in [0.717, 1.165) is 31.7 Å². The zero-order valence-electron chi connectivity index (χ0n) is 12.6. The molecule has 0 aromatic carbocycles. The van der Waals surface area contributed by atoms with Crippen LogP contribution in [0.1, 0.15) is 49.9 Å². The quantitative estimate of drug-likeness (QED) is 0.827. The van der Waals surface area contributed by atoms with Gasteiger partial charge in [0.1, 0.15) is 5.69 Å². The number of hydrogen-bond acceptors (Lipinski definition) is 3. The van der Waals surface area contributed by atoms with Gasteiger partial charge in [-0.25, -0.2) is 8.42 Å². The first-order chi connectivity index (χ1) is 10.2. The van der Waals surface area contributed by atoms with Crippen molar-refractivity contribution in [1.29, 1.82) is 0 Å². The number of nitrogens with zero attached hydrogens (tertiary/aromatic N) is 2. The van der Waals surface area contributed by atoms with Crippen LogP contribution >= 0.6 is 0 Å². The van der Waals surface area contributed by atoms with Crippen LogP contribution in [-0.4, -0.2) is 24.0 Å². The second kappa shape index (κ2) is 6.60. The number of sulfone groups is 1. The SMILES string of the molecule is Cn1nc(CS(=O)(=O)CCC2CCCCC2)cc1C(F)(F)F. The highest BCUT2D eigenvalue weighted by Gasteiger charge is 2.35. The van der Waals surface area contributed by atoms with Gasteiger partial charge in [-0.2, -0.15) is 18.3 Å². The Morgan fingerprint density at radius 1 is 1.27 bits per heavy atom. The van der Waals surface area contributed by atoms with Gasteiger partial charge in [0.05, 0.1) is 17.2 Å². The predicted octanol–water partition coefficient (Wildman–Crippen LogP) is 3.32. The lowest BCUT2D eigenvalue weighted by Crippen LogP contribution is -2.15. The summed E-state index contributed by atoms with van der Waals surface area (Å²) in [5.41, 5.74) is -0.969. The molecule has 1 saturated carbocycles. The minimum atomic E-state index is -4.52.